The molecule has 0 aliphatic carbocycles. The minimum atomic E-state index is -0.662. The van der Waals surface area contributed by atoms with Crippen molar-refractivity contribution in [2.75, 3.05) is 33.8 Å². The van der Waals surface area contributed by atoms with Crippen LogP contribution in [-0.4, -0.2) is 61.5 Å². The van der Waals surface area contributed by atoms with Gasteiger partial charge in [0.25, 0.3) is 0 Å². The molecule has 96 valence electrons. The van der Waals surface area contributed by atoms with Crippen LogP contribution in [0.2, 0.25) is 0 Å². The first-order valence-electron chi connectivity index (χ1n) is 6.11. The van der Waals surface area contributed by atoms with Crippen LogP contribution in [0.1, 0.15) is 26.7 Å². The molecular weight excluding hydrogens is 204 g/mol. The van der Waals surface area contributed by atoms with Crippen molar-refractivity contribution in [1.82, 2.24) is 10.2 Å². The van der Waals surface area contributed by atoms with Gasteiger partial charge in [-0.1, -0.05) is 0 Å². The number of nitrogens with zero attached hydrogens (tertiary/aromatic N) is 1. The molecule has 0 aromatic carbocycles. The average Bonchev–Trinajstić information content (AvgIpc) is 2.13. The second kappa shape index (κ2) is 5.96. The summed E-state index contributed by atoms with van der Waals surface area (Å²) in [4.78, 5) is 2.01. The van der Waals surface area contributed by atoms with Gasteiger partial charge in [0.1, 0.15) is 0 Å². The minimum Gasteiger partial charge on any atom is -0.388 e. The molecular formula is C12H26N2O2. The third-order valence-corrected chi connectivity index (χ3v) is 2.91. The zero-order chi connectivity index (χ0) is 12.2. The van der Waals surface area contributed by atoms with Crippen molar-refractivity contribution in [3.8, 4) is 0 Å². The van der Waals surface area contributed by atoms with Gasteiger partial charge in [0.2, 0.25) is 0 Å². The highest BCUT2D eigenvalue weighted by molar-refractivity contribution is 4.82. The second-order valence-corrected chi connectivity index (χ2v) is 5.52. The van der Waals surface area contributed by atoms with Crippen molar-refractivity contribution in [3.05, 3.63) is 0 Å². The van der Waals surface area contributed by atoms with E-state index in [9.17, 15) is 5.11 Å². The minimum absolute atomic E-state index is 0.338. The number of likely N-dealkylation sites (N-methyl/N-ethyl adjacent to an activating group) is 1. The molecule has 1 heterocycles. The third-order valence-electron chi connectivity index (χ3n) is 2.91. The first-order valence-corrected chi connectivity index (χ1v) is 6.11. The van der Waals surface area contributed by atoms with Crippen LogP contribution >= 0.6 is 0 Å². The molecule has 0 aromatic rings. The van der Waals surface area contributed by atoms with Crippen LogP contribution in [0.25, 0.3) is 0 Å². The molecule has 1 aliphatic heterocycles. The van der Waals surface area contributed by atoms with E-state index < -0.39 is 5.60 Å². The van der Waals surface area contributed by atoms with Crippen LogP contribution in [0.4, 0.5) is 0 Å². The Morgan fingerprint density at radius 3 is 2.75 bits per heavy atom. The molecule has 4 nitrogen and oxygen atoms in total. The molecule has 0 amide bonds. The highest BCUT2D eigenvalue weighted by Gasteiger charge is 2.25. The summed E-state index contributed by atoms with van der Waals surface area (Å²) >= 11 is 0. The van der Waals surface area contributed by atoms with Crippen molar-refractivity contribution in [1.29, 1.82) is 0 Å². The zero-order valence-electron chi connectivity index (χ0n) is 11.0. The molecule has 0 bridgehead atoms. The van der Waals surface area contributed by atoms with Crippen LogP contribution in [0.15, 0.2) is 0 Å². The van der Waals surface area contributed by atoms with Crippen LogP contribution in [0, 0.1) is 0 Å². The van der Waals surface area contributed by atoms with E-state index >= 15 is 0 Å². The lowest BCUT2D eigenvalue weighted by atomic mass is 10.0. The lowest BCUT2D eigenvalue weighted by molar-refractivity contribution is -0.00140. The summed E-state index contributed by atoms with van der Waals surface area (Å²) in [6.45, 7) is 6.13. The Labute approximate surface area is 99.0 Å². The maximum atomic E-state index is 10.1. The number of aliphatic hydroxyl groups is 1. The standard InChI is InChI=1S/C12H26N2O2/c1-10-7-11(5-6-16-10)13-8-12(2,15)9-14(3)4/h10-11,13,15H,5-9H2,1-4H3. The van der Waals surface area contributed by atoms with Gasteiger partial charge in [-0.15, -0.1) is 0 Å². The van der Waals surface area contributed by atoms with Gasteiger partial charge >= 0.3 is 0 Å². The zero-order valence-corrected chi connectivity index (χ0v) is 11.0. The first kappa shape index (κ1) is 13.9. The molecule has 3 atom stereocenters. The van der Waals surface area contributed by atoms with Crippen molar-refractivity contribution >= 4 is 0 Å². The van der Waals surface area contributed by atoms with E-state index in [1.54, 1.807) is 0 Å². The van der Waals surface area contributed by atoms with E-state index in [0.717, 1.165) is 19.4 Å². The van der Waals surface area contributed by atoms with E-state index in [1.165, 1.54) is 0 Å². The van der Waals surface area contributed by atoms with Crippen molar-refractivity contribution < 1.29 is 9.84 Å². The number of ether oxygens (including phenoxy) is 1. The van der Waals surface area contributed by atoms with Gasteiger partial charge in [-0.2, -0.15) is 0 Å². The molecule has 0 radical (unpaired) electrons. The lowest BCUT2D eigenvalue weighted by Crippen LogP contribution is -2.49. The summed E-state index contributed by atoms with van der Waals surface area (Å²) in [5.74, 6) is 0. The predicted molar refractivity (Wildman–Crippen MR) is 65.6 cm³/mol. The van der Waals surface area contributed by atoms with E-state index in [0.29, 0.717) is 25.2 Å². The molecule has 3 unspecified atom stereocenters. The van der Waals surface area contributed by atoms with Crippen molar-refractivity contribution in [2.24, 2.45) is 0 Å². The molecule has 16 heavy (non-hydrogen) atoms. The number of hydrogen-bond acceptors (Lipinski definition) is 4. The summed E-state index contributed by atoms with van der Waals surface area (Å²) < 4.78 is 5.49. The second-order valence-electron chi connectivity index (χ2n) is 5.52. The molecule has 0 spiro atoms. The fourth-order valence-electron chi connectivity index (χ4n) is 2.28. The average molecular weight is 230 g/mol. The highest BCUT2D eigenvalue weighted by Crippen LogP contribution is 2.14. The lowest BCUT2D eigenvalue weighted by Gasteiger charge is -2.32. The molecule has 1 saturated heterocycles. The summed E-state index contributed by atoms with van der Waals surface area (Å²) in [7, 11) is 3.95. The quantitative estimate of drug-likeness (QED) is 0.720. The molecule has 1 rings (SSSR count). The van der Waals surface area contributed by atoms with Gasteiger partial charge in [0.15, 0.2) is 0 Å². The van der Waals surface area contributed by atoms with Crippen LogP contribution in [0.5, 0.6) is 0 Å². The Morgan fingerprint density at radius 1 is 1.50 bits per heavy atom. The van der Waals surface area contributed by atoms with Gasteiger partial charge in [-0.05, 0) is 40.8 Å². The molecule has 4 heteroatoms. The Morgan fingerprint density at radius 2 is 2.19 bits per heavy atom. The Kier molecular flexibility index (Phi) is 5.18. The van der Waals surface area contributed by atoms with Crippen molar-refractivity contribution in [3.63, 3.8) is 0 Å². The normalized spacial score (nSPS) is 30.4. The van der Waals surface area contributed by atoms with Gasteiger partial charge < -0.3 is 20.1 Å². The number of rotatable bonds is 5. The molecule has 1 aliphatic rings. The maximum Gasteiger partial charge on any atom is 0.0869 e. The molecule has 0 saturated carbocycles. The fraction of sp³-hybridized carbons (Fsp3) is 1.00. The SMILES string of the molecule is CC1CC(NCC(C)(O)CN(C)C)CCO1. The van der Waals surface area contributed by atoms with Crippen LogP contribution < -0.4 is 5.32 Å². The van der Waals surface area contributed by atoms with Crippen molar-refractivity contribution in [2.45, 2.75) is 44.4 Å². The van der Waals surface area contributed by atoms with Gasteiger partial charge in [0, 0.05) is 25.7 Å². The maximum absolute atomic E-state index is 10.1. The first-order chi connectivity index (χ1) is 7.39. The van der Waals surface area contributed by atoms with Crippen LogP contribution in [-0.2, 0) is 4.74 Å². The van der Waals surface area contributed by atoms with Crippen LogP contribution in [0.3, 0.4) is 0 Å². The Hall–Kier alpha value is -0.160. The summed E-state index contributed by atoms with van der Waals surface area (Å²) in [5, 5.41) is 13.6. The van der Waals surface area contributed by atoms with Gasteiger partial charge in [-0.25, -0.2) is 0 Å². The largest absolute Gasteiger partial charge is 0.388 e. The number of hydrogen-bond donors (Lipinski definition) is 2. The topological polar surface area (TPSA) is 44.7 Å². The van der Waals surface area contributed by atoms with Gasteiger partial charge in [-0.3, -0.25) is 0 Å². The smallest absolute Gasteiger partial charge is 0.0869 e. The summed E-state index contributed by atoms with van der Waals surface area (Å²) in [6.07, 6.45) is 2.42. The molecule has 2 N–H and O–H groups in total. The highest BCUT2D eigenvalue weighted by atomic mass is 16.5. The monoisotopic (exact) mass is 230 g/mol. The predicted octanol–water partition coefficient (Wildman–Crippen LogP) is 0.456. The molecule has 1 fully saturated rings. The molecule has 0 aromatic heterocycles. The van der Waals surface area contributed by atoms with E-state index in [2.05, 4.69) is 12.2 Å². The van der Waals surface area contributed by atoms with Gasteiger partial charge in [0.05, 0.1) is 11.7 Å². The fourth-order valence-corrected chi connectivity index (χ4v) is 2.28. The number of nitrogens with one attached hydrogen (secondary N) is 1. The summed E-state index contributed by atoms with van der Waals surface area (Å²) in [5.41, 5.74) is -0.662. The Balaban J connectivity index is 2.27. The van der Waals surface area contributed by atoms with E-state index in [-0.39, 0.29) is 0 Å². The Bertz CT molecular complexity index is 207. The van der Waals surface area contributed by atoms with E-state index in [1.807, 2.05) is 25.9 Å². The van der Waals surface area contributed by atoms with E-state index in [4.69, 9.17) is 4.74 Å². The summed E-state index contributed by atoms with van der Waals surface area (Å²) in [6, 6.07) is 0.484. The third kappa shape index (κ3) is 5.25.